The minimum atomic E-state index is -0.462. The van der Waals surface area contributed by atoms with Crippen molar-refractivity contribution in [2.45, 2.75) is 82.5 Å². The van der Waals surface area contributed by atoms with Gasteiger partial charge in [0.15, 0.2) is 11.5 Å². The zero-order valence-corrected chi connectivity index (χ0v) is 19.4. The predicted molar refractivity (Wildman–Crippen MR) is 117 cm³/mol. The van der Waals surface area contributed by atoms with Gasteiger partial charge in [-0.05, 0) is 83.8 Å². The largest absolute Gasteiger partial charge is 0.493 e. The maximum absolute atomic E-state index is 10.8. The highest BCUT2D eigenvalue weighted by Gasteiger charge is 2.41. The summed E-state index contributed by atoms with van der Waals surface area (Å²) in [5.41, 5.74) is 2.32. The highest BCUT2D eigenvalue weighted by molar-refractivity contribution is 5.50. The van der Waals surface area contributed by atoms with E-state index in [2.05, 4.69) is 36.0 Å². The van der Waals surface area contributed by atoms with E-state index in [1.54, 1.807) is 7.11 Å². The molecule has 1 saturated heterocycles. The summed E-state index contributed by atoms with van der Waals surface area (Å²) in [6.07, 6.45) is 3.44. The van der Waals surface area contributed by atoms with Crippen LogP contribution < -0.4 is 9.47 Å². The van der Waals surface area contributed by atoms with Gasteiger partial charge in [-0.25, -0.2) is 0 Å². The Labute approximate surface area is 181 Å². The Morgan fingerprint density at radius 3 is 2.47 bits per heavy atom. The zero-order valence-electron chi connectivity index (χ0n) is 19.4. The first-order valence-electron chi connectivity index (χ1n) is 11.3. The number of benzene rings is 1. The van der Waals surface area contributed by atoms with Crippen molar-refractivity contribution < 1.29 is 19.3 Å². The van der Waals surface area contributed by atoms with Crippen LogP contribution in [0.3, 0.4) is 0 Å². The number of aliphatic hydroxyl groups excluding tert-OH is 1. The number of piperidine rings is 1. The SMILES string of the molecule is COc1cc2c(cc1OC1CC(N(C)C)C1)CCN1C[C@@H](OC(C)(C)C)[C@H](O)C[C@H]21. The van der Waals surface area contributed by atoms with Crippen molar-refractivity contribution in [3.05, 3.63) is 23.3 Å². The molecule has 30 heavy (non-hydrogen) atoms. The topological polar surface area (TPSA) is 54.4 Å². The molecule has 0 unspecified atom stereocenters. The number of fused-ring (bicyclic) bond motifs is 3. The Bertz CT molecular complexity index is 754. The third-order valence-corrected chi connectivity index (χ3v) is 6.80. The number of hydrogen-bond acceptors (Lipinski definition) is 6. The van der Waals surface area contributed by atoms with Crippen LogP contribution >= 0.6 is 0 Å². The van der Waals surface area contributed by atoms with Crippen molar-refractivity contribution in [3.63, 3.8) is 0 Å². The molecule has 1 aliphatic carbocycles. The van der Waals surface area contributed by atoms with E-state index < -0.39 is 6.10 Å². The fraction of sp³-hybridized carbons (Fsp3) is 0.750. The first-order chi connectivity index (χ1) is 14.1. The minimum Gasteiger partial charge on any atom is -0.493 e. The molecule has 1 N–H and O–H groups in total. The third-order valence-electron chi connectivity index (χ3n) is 6.80. The Morgan fingerprint density at radius 1 is 1.10 bits per heavy atom. The molecular formula is C24H38N2O4. The van der Waals surface area contributed by atoms with Crippen LogP contribution in [0.1, 0.15) is 57.2 Å². The second-order valence-corrected chi connectivity index (χ2v) is 10.4. The van der Waals surface area contributed by atoms with E-state index >= 15 is 0 Å². The summed E-state index contributed by atoms with van der Waals surface area (Å²) in [5.74, 6) is 1.66. The zero-order chi connectivity index (χ0) is 21.6. The molecular weight excluding hydrogens is 380 g/mol. The first-order valence-corrected chi connectivity index (χ1v) is 11.3. The second-order valence-electron chi connectivity index (χ2n) is 10.4. The third kappa shape index (κ3) is 4.47. The Kier molecular flexibility index (Phi) is 6.05. The molecule has 1 aromatic carbocycles. The van der Waals surface area contributed by atoms with Crippen LogP contribution in [-0.4, -0.2) is 79.2 Å². The molecule has 0 radical (unpaired) electrons. The molecule has 2 aliphatic heterocycles. The van der Waals surface area contributed by atoms with Crippen molar-refractivity contribution in [2.24, 2.45) is 0 Å². The highest BCUT2D eigenvalue weighted by atomic mass is 16.5. The number of methoxy groups -OCH3 is 1. The van der Waals surface area contributed by atoms with Gasteiger partial charge in [0.1, 0.15) is 6.10 Å². The van der Waals surface area contributed by atoms with Gasteiger partial charge in [0.25, 0.3) is 0 Å². The Hall–Kier alpha value is -1.34. The lowest BCUT2D eigenvalue weighted by Gasteiger charge is -2.47. The molecule has 2 heterocycles. The lowest BCUT2D eigenvalue weighted by molar-refractivity contribution is -0.149. The summed E-state index contributed by atoms with van der Waals surface area (Å²) in [7, 11) is 5.96. The van der Waals surface area contributed by atoms with Gasteiger partial charge in [0.05, 0.1) is 24.9 Å². The van der Waals surface area contributed by atoms with Gasteiger partial charge < -0.3 is 24.2 Å². The molecule has 2 fully saturated rings. The molecule has 1 saturated carbocycles. The molecule has 3 aliphatic rings. The van der Waals surface area contributed by atoms with Crippen molar-refractivity contribution in [1.82, 2.24) is 9.80 Å². The molecule has 0 bridgehead atoms. The maximum atomic E-state index is 10.8. The summed E-state index contributed by atoms with van der Waals surface area (Å²) < 4.78 is 18.2. The number of hydrogen-bond donors (Lipinski definition) is 1. The summed E-state index contributed by atoms with van der Waals surface area (Å²) in [6, 6.07) is 5.13. The predicted octanol–water partition coefficient (Wildman–Crippen LogP) is 3.01. The van der Waals surface area contributed by atoms with Crippen LogP contribution in [0.5, 0.6) is 11.5 Å². The van der Waals surface area contributed by atoms with Crippen LogP contribution in [0.2, 0.25) is 0 Å². The summed E-state index contributed by atoms with van der Waals surface area (Å²) in [5, 5.41) is 10.8. The van der Waals surface area contributed by atoms with E-state index in [9.17, 15) is 5.11 Å². The highest BCUT2D eigenvalue weighted by Crippen LogP contribution is 2.43. The Morgan fingerprint density at radius 2 is 1.83 bits per heavy atom. The van der Waals surface area contributed by atoms with Crippen LogP contribution in [0.15, 0.2) is 12.1 Å². The van der Waals surface area contributed by atoms with E-state index in [0.717, 1.165) is 43.9 Å². The molecule has 0 spiro atoms. The van der Waals surface area contributed by atoms with E-state index in [1.807, 2.05) is 20.8 Å². The van der Waals surface area contributed by atoms with Crippen molar-refractivity contribution >= 4 is 0 Å². The number of aliphatic hydroxyl groups is 1. The smallest absolute Gasteiger partial charge is 0.161 e. The van der Waals surface area contributed by atoms with Crippen molar-refractivity contribution in [1.29, 1.82) is 0 Å². The van der Waals surface area contributed by atoms with Crippen molar-refractivity contribution in [2.75, 3.05) is 34.3 Å². The molecule has 168 valence electrons. The molecule has 6 heteroatoms. The molecule has 0 aromatic heterocycles. The normalized spacial score (nSPS) is 31.7. The van der Waals surface area contributed by atoms with Gasteiger partial charge in [0.2, 0.25) is 0 Å². The van der Waals surface area contributed by atoms with Gasteiger partial charge >= 0.3 is 0 Å². The quantitative estimate of drug-likeness (QED) is 0.793. The number of ether oxygens (including phenoxy) is 3. The standard InChI is InChI=1S/C24H38N2O4/c1-24(2,3)30-23-14-26-8-7-15-9-22(29-17-10-16(11-17)25(4)5)21(28-6)12-18(15)19(26)13-20(23)27/h9,12,16-17,19-20,23,27H,7-8,10-11,13-14H2,1-6H3/t16?,17?,19-,20-,23-/m1/s1. The average Bonchev–Trinajstić information content (AvgIpc) is 2.62. The number of rotatable bonds is 5. The van der Waals surface area contributed by atoms with Crippen LogP contribution in [-0.2, 0) is 11.2 Å². The van der Waals surface area contributed by atoms with Gasteiger partial charge in [-0.1, -0.05) is 0 Å². The Balaban J connectivity index is 1.50. The van der Waals surface area contributed by atoms with E-state index in [1.165, 1.54) is 11.1 Å². The van der Waals surface area contributed by atoms with E-state index in [4.69, 9.17) is 14.2 Å². The van der Waals surface area contributed by atoms with Gasteiger partial charge in [-0.2, -0.15) is 0 Å². The fourth-order valence-electron chi connectivity index (χ4n) is 5.05. The van der Waals surface area contributed by atoms with E-state index in [0.29, 0.717) is 12.5 Å². The lowest BCUT2D eigenvalue weighted by atomic mass is 9.84. The van der Waals surface area contributed by atoms with Crippen LogP contribution in [0.25, 0.3) is 0 Å². The molecule has 0 amide bonds. The van der Waals surface area contributed by atoms with Crippen LogP contribution in [0, 0.1) is 0 Å². The second kappa shape index (κ2) is 8.30. The van der Waals surface area contributed by atoms with E-state index in [-0.39, 0.29) is 23.9 Å². The fourth-order valence-corrected chi connectivity index (χ4v) is 5.05. The van der Waals surface area contributed by atoms with Crippen LogP contribution in [0.4, 0.5) is 0 Å². The molecule has 3 atom stereocenters. The average molecular weight is 419 g/mol. The monoisotopic (exact) mass is 418 g/mol. The lowest BCUT2D eigenvalue weighted by Crippen LogP contribution is -2.53. The maximum Gasteiger partial charge on any atom is 0.161 e. The van der Waals surface area contributed by atoms with Crippen molar-refractivity contribution in [3.8, 4) is 11.5 Å². The molecule has 6 nitrogen and oxygen atoms in total. The molecule has 1 aromatic rings. The summed E-state index contributed by atoms with van der Waals surface area (Å²) in [6.45, 7) is 7.88. The van der Waals surface area contributed by atoms with Gasteiger partial charge in [-0.3, -0.25) is 4.90 Å². The first kappa shape index (κ1) is 21.9. The minimum absolute atomic E-state index is 0.143. The van der Waals surface area contributed by atoms with Gasteiger partial charge in [-0.15, -0.1) is 0 Å². The summed E-state index contributed by atoms with van der Waals surface area (Å²) >= 11 is 0. The summed E-state index contributed by atoms with van der Waals surface area (Å²) in [4.78, 5) is 4.72. The molecule has 4 rings (SSSR count). The van der Waals surface area contributed by atoms with Gasteiger partial charge in [0, 0.05) is 25.2 Å². The number of nitrogens with zero attached hydrogens (tertiary/aromatic N) is 2.